The molecule has 1 aromatic heterocycles. The normalized spacial score (nSPS) is 11.2. The highest BCUT2D eigenvalue weighted by Gasteiger charge is 2.18. The van der Waals surface area contributed by atoms with Crippen LogP contribution in [-0.2, 0) is 0 Å². The lowest BCUT2D eigenvalue weighted by Crippen LogP contribution is -2.03. The molecule has 3 rings (SSSR count). The van der Waals surface area contributed by atoms with Gasteiger partial charge in [-0.05, 0) is 56.5 Å². The number of hydrogen-bond acceptors (Lipinski definition) is 5. The molecule has 0 aliphatic rings. The highest BCUT2D eigenvalue weighted by atomic mass is 16.5. The predicted octanol–water partition coefficient (Wildman–Crippen LogP) is 11.1. The van der Waals surface area contributed by atoms with E-state index in [1.54, 1.807) is 0 Å². The summed E-state index contributed by atoms with van der Waals surface area (Å²) in [6.45, 7) is 10.1. The number of hydrogen-bond donors (Lipinski definition) is 0. The second-order valence-electron chi connectivity index (χ2n) is 11.5. The van der Waals surface area contributed by atoms with E-state index in [1.807, 2.05) is 18.2 Å². The van der Waals surface area contributed by atoms with E-state index in [-0.39, 0.29) is 0 Å². The molecule has 0 saturated carbocycles. The average molecular weight is 563 g/mol. The van der Waals surface area contributed by atoms with Crippen molar-refractivity contribution in [3.63, 3.8) is 0 Å². The molecule has 0 aliphatic carbocycles. The zero-order chi connectivity index (χ0) is 29.1. The molecule has 0 spiro atoms. The lowest BCUT2D eigenvalue weighted by atomic mass is 10.1. The van der Waals surface area contributed by atoms with Crippen molar-refractivity contribution >= 4 is 0 Å². The summed E-state index contributed by atoms with van der Waals surface area (Å²) >= 11 is 0. The van der Waals surface area contributed by atoms with Crippen LogP contribution in [0.1, 0.15) is 128 Å². The van der Waals surface area contributed by atoms with Crippen molar-refractivity contribution in [1.29, 1.82) is 0 Å². The van der Waals surface area contributed by atoms with Gasteiger partial charge in [0.05, 0.1) is 18.8 Å². The Kier molecular flexibility index (Phi) is 15.4. The van der Waals surface area contributed by atoms with Gasteiger partial charge in [0.25, 0.3) is 5.89 Å². The van der Waals surface area contributed by atoms with E-state index >= 15 is 0 Å². The molecular weight excluding hydrogens is 508 g/mol. The first-order chi connectivity index (χ1) is 20.1. The van der Waals surface area contributed by atoms with E-state index in [2.05, 4.69) is 56.1 Å². The third-order valence-electron chi connectivity index (χ3n) is 7.74. The smallest absolute Gasteiger partial charge is 0.252 e. The fourth-order valence-electron chi connectivity index (χ4n) is 5.08. The predicted molar refractivity (Wildman–Crippen MR) is 171 cm³/mol. The standard InChI is InChI=1S/C36H54N2O3/c1-5-7-9-11-13-15-17-19-25-39-33-28-32(36-38-37-35(41-36)31-23-21-29(3)22-24-31)34(27-30(33)4)40-26-20-18-16-14-12-10-8-6-2/h21-24,27-28H,5-20,25-26H2,1-4H3. The van der Waals surface area contributed by atoms with Gasteiger partial charge in [0.2, 0.25) is 5.89 Å². The van der Waals surface area contributed by atoms with Gasteiger partial charge in [-0.1, -0.05) is 121 Å². The molecule has 0 radical (unpaired) electrons. The molecule has 226 valence electrons. The SMILES string of the molecule is CCCCCCCCCCOc1cc(-c2nnc(-c3ccc(C)cc3)o2)c(OCCCCCCCCCC)cc1C. The number of aromatic nitrogens is 2. The topological polar surface area (TPSA) is 57.4 Å². The Morgan fingerprint density at radius 3 is 1.61 bits per heavy atom. The quantitative estimate of drug-likeness (QED) is 0.114. The molecular formula is C36H54N2O3. The number of ether oxygens (including phenoxy) is 2. The molecule has 0 aliphatic heterocycles. The molecule has 5 nitrogen and oxygen atoms in total. The number of rotatable bonds is 22. The van der Waals surface area contributed by atoms with Crippen LogP contribution >= 0.6 is 0 Å². The number of unbranched alkanes of at least 4 members (excludes halogenated alkanes) is 14. The van der Waals surface area contributed by atoms with Crippen LogP contribution < -0.4 is 9.47 Å². The van der Waals surface area contributed by atoms with Crippen molar-refractivity contribution in [3.8, 4) is 34.4 Å². The maximum atomic E-state index is 6.32. The van der Waals surface area contributed by atoms with Gasteiger partial charge in [0, 0.05) is 5.56 Å². The second kappa shape index (κ2) is 19.3. The third-order valence-corrected chi connectivity index (χ3v) is 7.74. The molecule has 0 saturated heterocycles. The maximum Gasteiger partial charge on any atom is 0.252 e. The van der Waals surface area contributed by atoms with Crippen LogP contribution in [-0.4, -0.2) is 23.4 Å². The van der Waals surface area contributed by atoms with Gasteiger partial charge in [-0.25, -0.2) is 0 Å². The highest BCUT2D eigenvalue weighted by molar-refractivity contribution is 5.68. The zero-order valence-electron chi connectivity index (χ0n) is 26.3. The van der Waals surface area contributed by atoms with Gasteiger partial charge in [0.1, 0.15) is 11.5 Å². The monoisotopic (exact) mass is 562 g/mol. The summed E-state index contributed by atoms with van der Waals surface area (Å²) in [4.78, 5) is 0. The summed E-state index contributed by atoms with van der Waals surface area (Å²) in [7, 11) is 0. The number of aryl methyl sites for hydroxylation is 2. The van der Waals surface area contributed by atoms with Crippen LogP contribution in [0.2, 0.25) is 0 Å². The van der Waals surface area contributed by atoms with Gasteiger partial charge >= 0.3 is 0 Å². The van der Waals surface area contributed by atoms with Crippen LogP contribution in [0.25, 0.3) is 22.9 Å². The van der Waals surface area contributed by atoms with Crippen molar-refractivity contribution in [1.82, 2.24) is 10.2 Å². The Balaban J connectivity index is 1.61. The Labute approximate surface area is 249 Å². The van der Waals surface area contributed by atoms with E-state index < -0.39 is 0 Å². The summed E-state index contributed by atoms with van der Waals surface area (Å²) in [6.07, 6.45) is 20.4. The van der Waals surface area contributed by atoms with E-state index in [1.165, 1.54) is 95.5 Å². The van der Waals surface area contributed by atoms with Crippen LogP contribution in [0, 0.1) is 13.8 Å². The molecule has 5 heteroatoms. The van der Waals surface area contributed by atoms with Crippen LogP contribution in [0.15, 0.2) is 40.8 Å². The zero-order valence-corrected chi connectivity index (χ0v) is 26.3. The first-order valence-corrected chi connectivity index (χ1v) is 16.4. The summed E-state index contributed by atoms with van der Waals surface area (Å²) in [5.41, 5.74) is 3.97. The Morgan fingerprint density at radius 2 is 1.05 bits per heavy atom. The molecule has 0 fully saturated rings. The Bertz CT molecular complexity index is 1110. The Morgan fingerprint density at radius 1 is 0.561 bits per heavy atom. The molecule has 1 heterocycles. The maximum absolute atomic E-state index is 6.32. The van der Waals surface area contributed by atoms with Gasteiger partial charge in [-0.15, -0.1) is 10.2 Å². The summed E-state index contributed by atoms with van der Waals surface area (Å²) in [6, 6.07) is 12.2. The molecule has 0 unspecified atom stereocenters. The van der Waals surface area contributed by atoms with E-state index in [4.69, 9.17) is 13.9 Å². The summed E-state index contributed by atoms with van der Waals surface area (Å²) in [5.74, 6) is 2.61. The molecule has 3 aromatic rings. The van der Waals surface area contributed by atoms with Crippen LogP contribution in [0.3, 0.4) is 0 Å². The highest BCUT2D eigenvalue weighted by Crippen LogP contribution is 2.37. The first-order valence-electron chi connectivity index (χ1n) is 16.4. The minimum atomic E-state index is 0.462. The molecule has 0 amide bonds. The third kappa shape index (κ3) is 11.9. The fraction of sp³-hybridized carbons (Fsp3) is 0.611. The largest absolute Gasteiger partial charge is 0.493 e. The van der Waals surface area contributed by atoms with Gasteiger partial charge < -0.3 is 13.9 Å². The average Bonchev–Trinajstić information content (AvgIpc) is 3.47. The van der Waals surface area contributed by atoms with Crippen molar-refractivity contribution in [2.75, 3.05) is 13.2 Å². The van der Waals surface area contributed by atoms with Gasteiger partial charge in [-0.2, -0.15) is 0 Å². The van der Waals surface area contributed by atoms with Gasteiger partial charge in [-0.3, -0.25) is 0 Å². The minimum Gasteiger partial charge on any atom is -0.493 e. The fourth-order valence-corrected chi connectivity index (χ4v) is 5.08. The van der Waals surface area contributed by atoms with Crippen LogP contribution in [0.4, 0.5) is 0 Å². The van der Waals surface area contributed by atoms with Gasteiger partial charge in [0.15, 0.2) is 0 Å². The molecule has 0 N–H and O–H groups in total. The van der Waals surface area contributed by atoms with Crippen molar-refractivity contribution in [3.05, 3.63) is 47.5 Å². The van der Waals surface area contributed by atoms with Crippen molar-refractivity contribution in [2.24, 2.45) is 0 Å². The summed E-state index contributed by atoms with van der Waals surface area (Å²) < 4.78 is 18.7. The van der Waals surface area contributed by atoms with E-state index in [9.17, 15) is 0 Å². The van der Waals surface area contributed by atoms with Crippen molar-refractivity contribution in [2.45, 2.75) is 130 Å². The first kappa shape index (κ1) is 32.7. The Hall–Kier alpha value is -2.82. The molecule has 0 atom stereocenters. The molecule has 41 heavy (non-hydrogen) atoms. The molecule has 0 bridgehead atoms. The van der Waals surface area contributed by atoms with Crippen molar-refractivity contribution < 1.29 is 13.9 Å². The summed E-state index contributed by atoms with van der Waals surface area (Å²) in [5, 5.41) is 8.76. The molecule has 2 aromatic carbocycles. The second-order valence-corrected chi connectivity index (χ2v) is 11.5. The van der Waals surface area contributed by atoms with E-state index in [0.717, 1.165) is 41.0 Å². The number of benzene rings is 2. The lowest BCUT2D eigenvalue weighted by molar-refractivity contribution is 0.295. The van der Waals surface area contributed by atoms with Crippen LogP contribution in [0.5, 0.6) is 11.5 Å². The van der Waals surface area contributed by atoms with E-state index in [0.29, 0.717) is 25.0 Å². The lowest BCUT2D eigenvalue weighted by Gasteiger charge is -2.15. The number of nitrogens with zero attached hydrogens (tertiary/aromatic N) is 2. The minimum absolute atomic E-state index is 0.462.